The zero-order chi connectivity index (χ0) is 46.3. The summed E-state index contributed by atoms with van der Waals surface area (Å²) < 4.78 is 51.7. The number of rotatable bonds is 36. The summed E-state index contributed by atoms with van der Waals surface area (Å²) in [6.07, 6.45) is 16.4. The average molecular weight is 920 g/mol. The van der Waals surface area contributed by atoms with Crippen molar-refractivity contribution in [1.29, 1.82) is 0 Å². The molecule has 1 saturated heterocycles. The Morgan fingerprint density at radius 2 is 1.11 bits per heavy atom. The fourth-order valence-corrected chi connectivity index (χ4v) is 8.85. The van der Waals surface area contributed by atoms with Crippen LogP contribution in [0.4, 0.5) is 0 Å². The first-order chi connectivity index (χ1) is 31.0. The van der Waals surface area contributed by atoms with Gasteiger partial charge in [0, 0.05) is 12.8 Å². The van der Waals surface area contributed by atoms with Gasteiger partial charge >= 0.3 is 11.9 Å². The molecule has 0 aliphatic carbocycles. The normalized spacial score (nSPS) is 19.5. The molecular formula is C50H81NO12S. The van der Waals surface area contributed by atoms with Crippen LogP contribution in [0.25, 0.3) is 0 Å². The first kappa shape index (κ1) is 55.2. The third-order valence-electron chi connectivity index (χ3n) is 11.9. The van der Waals surface area contributed by atoms with E-state index >= 15 is 0 Å². The van der Waals surface area contributed by atoms with Crippen molar-refractivity contribution >= 4 is 29.0 Å². The van der Waals surface area contributed by atoms with Crippen LogP contribution in [-0.4, -0.2) is 85.1 Å². The van der Waals surface area contributed by atoms with Gasteiger partial charge in [-0.15, -0.1) is 0 Å². The zero-order valence-electron chi connectivity index (χ0n) is 38.5. The molecule has 3 rings (SSSR count). The van der Waals surface area contributed by atoms with Crippen molar-refractivity contribution in [2.75, 3.05) is 6.61 Å². The molecule has 2 aromatic carbocycles. The Hall–Kier alpha value is -3.08. The molecule has 2 unspecified atom stereocenters. The van der Waals surface area contributed by atoms with Gasteiger partial charge in [-0.2, -0.15) is 0 Å². The highest BCUT2D eigenvalue weighted by Crippen LogP contribution is 2.40. The second-order valence-electron chi connectivity index (χ2n) is 17.5. The summed E-state index contributed by atoms with van der Waals surface area (Å²) in [4.78, 5) is 40.0. The van der Waals surface area contributed by atoms with Crippen molar-refractivity contribution in [3.05, 3.63) is 71.8 Å². The van der Waals surface area contributed by atoms with Crippen molar-refractivity contribution < 1.29 is 56.6 Å². The van der Waals surface area contributed by atoms with E-state index in [9.17, 15) is 38.3 Å². The molecule has 0 saturated carbocycles. The molecule has 64 heavy (non-hydrogen) atoms. The fraction of sp³-hybridized carbons (Fsp3) is 0.700. The minimum Gasteiger partial charge on any atom is -0.462 e. The average Bonchev–Trinajstić information content (AvgIpc) is 3.27. The Bertz CT molecular complexity index is 1510. The number of amides is 1. The molecule has 14 heteroatoms. The highest BCUT2D eigenvalue weighted by atomic mass is 32.3. The van der Waals surface area contributed by atoms with E-state index in [0.717, 1.165) is 103 Å². The first-order valence-electron chi connectivity index (χ1n) is 24.4. The van der Waals surface area contributed by atoms with Crippen molar-refractivity contribution in [2.45, 2.75) is 217 Å². The lowest BCUT2D eigenvalue weighted by molar-refractivity contribution is -0.255. The summed E-state index contributed by atoms with van der Waals surface area (Å²) in [7, 11) is 0. The number of nitrogens with one attached hydrogen (secondary N) is 1. The number of aliphatic hydroxyl groups is 2. The van der Waals surface area contributed by atoms with Crippen LogP contribution >= 0.6 is 11.2 Å². The van der Waals surface area contributed by atoms with Crippen LogP contribution in [0.3, 0.4) is 0 Å². The summed E-state index contributed by atoms with van der Waals surface area (Å²) in [6, 6.07) is 19.2. The molecule has 0 bridgehead atoms. The first-order valence-corrected chi connectivity index (χ1v) is 25.8. The van der Waals surface area contributed by atoms with Gasteiger partial charge < -0.3 is 29.7 Å². The second-order valence-corrected chi connectivity index (χ2v) is 18.6. The van der Waals surface area contributed by atoms with Gasteiger partial charge in [-0.05, 0) is 62.5 Å². The summed E-state index contributed by atoms with van der Waals surface area (Å²) in [6.45, 7) is 1.39. The van der Waals surface area contributed by atoms with Crippen molar-refractivity contribution in [2.24, 2.45) is 0 Å². The maximum absolute atomic E-state index is 13.7. The molecule has 1 aliphatic heterocycles. The van der Waals surface area contributed by atoms with Crippen LogP contribution in [0.15, 0.2) is 60.7 Å². The van der Waals surface area contributed by atoms with E-state index in [2.05, 4.69) is 48.6 Å². The number of carbonyl (C=O) groups excluding carboxylic acids is 3. The van der Waals surface area contributed by atoms with Crippen LogP contribution in [0, 0.1) is 0 Å². The van der Waals surface area contributed by atoms with E-state index in [1.54, 1.807) is 0 Å². The Kier molecular flexibility index (Phi) is 28.8. The van der Waals surface area contributed by atoms with Crippen molar-refractivity contribution in [3.8, 4) is 0 Å². The highest BCUT2D eigenvalue weighted by Gasteiger charge is 2.51. The Balaban J connectivity index is 1.55. The highest BCUT2D eigenvalue weighted by molar-refractivity contribution is 8.15. The fourth-order valence-electron chi connectivity index (χ4n) is 8.32. The van der Waals surface area contributed by atoms with Crippen molar-refractivity contribution in [1.82, 2.24) is 5.32 Å². The third kappa shape index (κ3) is 25.0. The van der Waals surface area contributed by atoms with E-state index in [4.69, 9.17) is 18.4 Å². The number of ether oxygens (including phenoxy) is 3. The van der Waals surface area contributed by atoms with Gasteiger partial charge in [0.15, 0.2) is 12.4 Å². The Morgan fingerprint density at radius 1 is 0.641 bits per heavy atom. The van der Waals surface area contributed by atoms with E-state index in [1.165, 1.54) is 43.2 Å². The van der Waals surface area contributed by atoms with E-state index in [-0.39, 0.29) is 25.2 Å². The summed E-state index contributed by atoms with van der Waals surface area (Å²) in [5.41, 5.74) is 2.65. The third-order valence-corrected chi connectivity index (χ3v) is 12.4. The van der Waals surface area contributed by atoms with E-state index in [0.29, 0.717) is 19.3 Å². The SMILES string of the molecule is CCCCCCCCCCCC(CC(=O)N[C@H]1C(O)O[C@H](CO)[C@@H](OS(O)(O)O)[C@@H]1OC(=O)CCCCCCCCc1ccccc1)OC(=O)CCCCCCCCc1ccccc1. The standard InChI is InChI=1S/C50H81NO12S/c1-2-3-4-5-6-7-8-15-26-35-42(60-45(54)36-27-16-11-9-13-20-29-40-31-22-18-23-32-40)38-44(53)51-47-49(48(63-64(57,58)59)43(39-52)61-50(47)56)62-46(55)37-28-17-12-10-14-21-30-41-33-24-19-25-34-41/h18-19,22-25,31-34,42-43,47-50,52,56-59H,2-17,20-21,26-30,35-39H2,1H3,(H,51,53)/t42?,43-,47-,48-,49-,50?/m1/s1. The second kappa shape index (κ2) is 33.4. The lowest BCUT2D eigenvalue weighted by atomic mass is 9.96. The molecule has 0 radical (unpaired) electrons. The molecule has 0 aromatic heterocycles. The van der Waals surface area contributed by atoms with Crippen LogP contribution in [0.1, 0.15) is 179 Å². The van der Waals surface area contributed by atoms with Crippen LogP contribution < -0.4 is 5.32 Å². The molecule has 6 N–H and O–H groups in total. The van der Waals surface area contributed by atoms with E-state index in [1.807, 2.05) is 24.3 Å². The predicted octanol–water partition coefficient (Wildman–Crippen LogP) is 10.8. The Labute approximate surface area is 385 Å². The largest absolute Gasteiger partial charge is 0.462 e. The summed E-state index contributed by atoms with van der Waals surface area (Å²) in [5.74, 6) is -1.72. The quantitative estimate of drug-likeness (QED) is 0.0279. The van der Waals surface area contributed by atoms with Gasteiger partial charge in [0.1, 0.15) is 24.4 Å². The van der Waals surface area contributed by atoms with Crippen LogP contribution in [-0.2, 0) is 45.6 Å². The van der Waals surface area contributed by atoms with Crippen molar-refractivity contribution in [3.63, 3.8) is 0 Å². The molecule has 6 atom stereocenters. The number of aliphatic hydroxyl groups excluding tert-OH is 2. The van der Waals surface area contributed by atoms with Crippen LogP contribution in [0.5, 0.6) is 0 Å². The molecule has 13 nitrogen and oxygen atoms in total. The molecule has 1 amide bonds. The zero-order valence-corrected chi connectivity index (χ0v) is 39.4. The molecule has 364 valence electrons. The number of esters is 2. The maximum Gasteiger partial charge on any atom is 0.306 e. The maximum atomic E-state index is 13.7. The molecule has 2 aromatic rings. The molecule has 1 heterocycles. The number of aryl methyl sites for hydroxylation is 2. The van der Waals surface area contributed by atoms with Gasteiger partial charge in [-0.1, -0.05) is 170 Å². The minimum atomic E-state index is -4.67. The number of benzene rings is 2. The predicted molar refractivity (Wildman–Crippen MR) is 251 cm³/mol. The summed E-state index contributed by atoms with van der Waals surface area (Å²) >= 11 is -4.67. The van der Waals surface area contributed by atoms with Gasteiger partial charge in [0.2, 0.25) is 17.1 Å². The lowest BCUT2D eigenvalue weighted by Gasteiger charge is -2.44. The topological polar surface area (TPSA) is 201 Å². The molecule has 1 aliphatic rings. The lowest BCUT2D eigenvalue weighted by Crippen LogP contribution is -2.66. The number of hydrogen-bond donors (Lipinski definition) is 6. The molecule has 0 spiro atoms. The van der Waals surface area contributed by atoms with Crippen LogP contribution in [0.2, 0.25) is 0 Å². The Morgan fingerprint density at radius 3 is 1.61 bits per heavy atom. The smallest absolute Gasteiger partial charge is 0.306 e. The van der Waals surface area contributed by atoms with Gasteiger partial charge in [-0.3, -0.25) is 32.2 Å². The van der Waals surface area contributed by atoms with Gasteiger partial charge in [-0.25, -0.2) is 0 Å². The monoisotopic (exact) mass is 920 g/mol. The molecular weight excluding hydrogens is 839 g/mol. The number of unbranched alkanes of at least 4 members (excludes halogenated alkanes) is 18. The number of carbonyl (C=O) groups is 3. The van der Waals surface area contributed by atoms with Gasteiger partial charge in [0.05, 0.1) is 13.0 Å². The van der Waals surface area contributed by atoms with E-state index < -0.39 is 66.4 Å². The van der Waals surface area contributed by atoms with Gasteiger partial charge in [0.25, 0.3) is 0 Å². The molecule has 1 fully saturated rings. The number of hydrogen-bond acceptors (Lipinski definition) is 12. The summed E-state index contributed by atoms with van der Waals surface area (Å²) in [5, 5.41) is 23.7. The minimum absolute atomic E-state index is 0.00492.